The van der Waals surface area contributed by atoms with E-state index in [1.807, 2.05) is 48.5 Å². The molecule has 0 bridgehead atoms. The Hall–Kier alpha value is -1.84. The third-order valence-corrected chi connectivity index (χ3v) is 3.24. The van der Waals surface area contributed by atoms with Gasteiger partial charge in [0.25, 0.3) is 0 Å². The van der Waals surface area contributed by atoms with Crippen molar-refractivity contribution in [2.24, 2.45) is 0 Å². The van der Waals surface area contributed by atoms with E-state index in [0.717, 1.165) is 16.5 Å². The van der Waals surface area contributed by atoms with E-state index in [2.05, 4.69) is 15.5 Å². The van der Waals surface area contributed by atoms with Crippen LogP contribution in [0.5, 0.6) is 0 Å². The van der Waals surface area contributed by atoms with Crippen molar-refractivity contribution < 1.29 is 0 Å². The molecule has 0 amide bonds. The van der Waals surface area contributed by atoms with E-state index in [4.69, 9.17) is 23.2 Å². The van der Waals surface area contributed by atoms with Crippen LogP contribution in [0.3, 0.4) is 0 Å². The van der Waals surface area contributed by atoms with Crippen molar-refractivity contribution in [3.8, 4) is 0 Å². The number of fused-ring (bicyclic) bond motifs is 1. The Morgan fingerprint density at radius 1 is 0.842 bits per heavy atom. The summed E-state index contributed by atoms with van der Waals surface area (Å²) in [6.45, 7) is 0. The number of hydrogen-bond acceptors (Lipinski definition) is 3. The molecule has 3 aromatic rings. The normalized spacial score (nSPS) is 10.6. The Bertz CT molecular complexity index is 744. The second-order valence-corrected chi connectivity index (χ2v) is 4.81. The molecule has 3 nitrogen and oxygen atoms in total. The molecule has 1 heterocycles. The van der Waals surface area contributed by atoms with Gasteiger partial charge in [-0.1, -0.05) is 53.5 Å². The van der Waals surface area contributed by atoms with Gasteiger partial charge < -0.3 is 5.32 Å². The minimum Gasteiger partial charge on any atom is -0.338 e. The molecule has 0 saturated heterocycles. The zero-order valence-electron chi connectivity index (χ0n) is 9.77. The molecule has 1 N–H and O–H groups in total. The molecule has 2 aromatic carbocycles. The Labute approximate surface area is 120 Å². The van der Waals surface area contributed by atoms with Crippen LogP contribution in [0.25, 0.3) is 10.8 Å². The van der Waals surface area contributed by atoms with Gasteiger partial charge in [0, 0.05) is 21.5 Å². The maximum Gasteiger partial charge on any atom is 0.161 e. The summed E-state index contributed by atoms with van der Waals surface area (Å²) in [5.41, 5.74) is 0.856. The number of benzene rings is 2. The van der Waals surface area contributed by atoms with Gasteiger partial charge in [0.1, 0.15) is 0 Å². The van der Waals surface area contributed by atoms with Crippen molar-refractivity contribution in [1.29, 1.82) is 0 Å². The summed E-state index contributed by atoms with van der Waals surface area (Å²) in [5, 5.41) is 14.1. The predicted octanol–water partition coefficient (Wildman–Crippen LogP) is 4.68. The summed E-state index contributed by atoms with van der Waals surface area (Å²) < 4.78 is 0. The maximum absolute atomic E-state index is 6.03. The summed E-state index contributed by atoms with van der Waals surface area (Å²) in [6, 6.07) is 15.1. The van der Waals surface area contributed by atoms with Crippen LogP contribution in [-0.2, 0) is 0 Å². The van der Waals surface area contributed by atoms with E-state index >= 15 is 0 Å². The first kappa shape index (κ1) is 12.2. The Morgan fingerprint density at radius 2 is 1.63 bits per heavy atom. The van der Waals surface area contributed by atoms with Gasteiger partial charge in [-0.3, -0.25) is 0 Å². The maximum atomic E-state index is 6.03. The fourth-order valence-corrected chi connectivity index (χ4v) is 2.26. The highest BCUT2D eigenvalue weighted by Gasteiger charge is 2.07. The molecule has 0 aliphatic rings. The molecular formula is C14H9Cl2N3. The number of nitrogens with zero attached hydrogens (tertiary/aromatic N) is 2. The van der Waals surface area contributed by atoms with Crippen molar-refractivity contribution in [2.45, 2.75) is 0 Å². The molecule has 0 atom stereocenters. The first-order valence-corrected chi connectivity index (χ1v) is 6.43. The van der Waals surface area contributed by atoms with Crippen molar-refractivity contribution in [3.63, 3.8) is 0 Å². The quantitative estimate of drug-likeness (QED) is 0.744. The van der Waals surface area contributed by atoms with Gasteiger partial charge in [-0.05, 0) is 18.2 Å². The van der Waals surface area contributed by atoms with Gasteiger partial charge in [-0.2, -0.15) is 0 Å². The van der Waals surface area contributed by atoms with Crippen LogP contribution in [0.2, 0.25) is 10.2 Å². The molecule has 0 spiro atoms. The van der Waals surface area contributed by atoms with E-state index in [1.54, 1.807) is 0 Å². The summed E-state index contributed by atoms with van der Waals surface area (Å²) in [7, 11) is 0. The van der Waals surface area contributed by atoms with Crippen molar-refractivity contribution in [3.05, 3.63) is 58.7 Å². The monoisotopic (exact) mass is 289 g/mol. The molecule has 0 fully saturated rings. The van der Waals surface area contributed by atoms with Crippen molar-refractivity contribution in [2.75, 3.05) is 5.32 Å². The summed E-state index contributed by atoms with van der Waals surface area (Å²) >= 11 is 12.0. The highest BCUT2D eigenvalue weighted by Crippen LogP contribution is 2.28. The topological polar surface area (TPSA) is 37.8 Å². The molecule has 0 unspecified atom stereocenters. The Kier molecular flexibility index (Phi) is 3.23. The third-order valence-electron chi connectivity index (χ3n) is 2.73. The van der Waals surface area contributed by atoms with Crippen LogP contribution < -0.4 is 5.32 Å². The lowest BCUT2D eigenvalue weighted by Gasteiger charge is -2.08. The molecule has 19 heavy (non-hydrogen) atoms. The van der Waals surface area contributed by atoms with Crippen LogP contribution >= 0.6 is 23.2 Å². The fourth-order valence-electron chi connectivity index (χ4n) is 1.87. The lowest BCUT2D eigenvalue weighted by atomic mass is 10.2. The van der Waals surface area contributed by atoms with Crippen molar-refractivity contribution >= 4 is 45.5 Å². The van der Waals surface area contributed by atoms with Crippen LogP contribution in [0, 0.1) is 0 Å². The minimum atomic E-state index is 0.396. The number of rotatable bonds is 2. The molecule has 5 heteroatoms. The van der Waals surface area contributed by atoms with Gasteiger partial charge in [-0.15, -0.1) is 10.2 Å². The zero-order valence-corrected chi connectivity index (χ0v) is 11.3. The smallest absolute Gasteiger partial charge is 0.161 e. The molecule has 0 saturated carbocycles. The largest absolute Gasteiger partial charge is 0.338 e. The fraction of sp³-hybridized carbons (Fsp3) is 0. The molecule has 3 rings (SSSR count). The van der Waals surface area contributed by atoms with Crippen molar-refractivity contribution in [1.82, 2.24) is 10.2 Å². The molecule has 0 radical (unpaired) electrons. The number of nitrogens with one attached hydrogen (secondary N) is 1. The minimum absolute atomic E-state index is 0.396. The number of aromatic nitrogens is 2. The lowest BCUT2D eigenvalue weighted by Crippen LogP contribution is -1.97. The molecular weight excluding hydrogens is 281 g/mol. The van der Waals surface area contributed by atoms with Crippen LogP contribution in [0.1, 0.15) is 0 Å². The van der Waals surface area contributed by atoms with Gasteiger partial charge in [-0.25, -0.2) is 0 Å². The first-order chi connectivity index (χ1) is 9.24. The third kappa shape index (κ3) is 2.48. The highest BCUT2D eigenvalue weighted by atomic mass is 35.5. The number of halogens is 2. The SMILES string of the molecule is Clc1cccc(Nc2nnc(Cl)c3ccccc23)c1. The first-order valence-electron chi connectivity index (χ1n) is 5.67. The van der Waals surface area contributed by atoms with Gasteiger partial charge in [0.15, 0.2) is 11.0 Å². The van der Waals surface area contributed by atoms with E-state index in [0.29, 0.717) is 16.0 Å². The number of anilines is 2. The zero-order chi connectivity index (χ0) is 13.2. The second-order valence-electron chi connectivity index (χ2n) is 4.02. The van der Waals surface area contributed by atoms with E-state index in [9.17, 15) is 0 Å². The summed E-state index contributed by atoms with van der Waals surface area (Å²) in [4.78, 5) is 0. The van der Waals surface area contributed by atoms with E-state index in [-0.39, 0.29) is 0 Å². The molecule has 1 aromatic heterocycles. The average molecular weight is 290 g/mol. The van der Waals surface area contributed by atoms with Gasteiger partial charge >= 0.3 is 0 Å². The molecule has 94 valence electrons. The van der Waals surface area contributed by atoms with Crippen LogP contribution in [0.4, 0.5) is 11.5 Å². The van der Waals surface area contributed by atoms with Crippen LogP contribution in [-0.4, -0.2) is 10.2 Å². The van der Waals surface area contributed by atoms with E-state index in [1.165, 1.54) is 0 Å². The summed E-state index contributed by atoms with van der Waals surface area (Å²) in [6.07, 6.45) is 0. The summed E-state index contributed by atoms with van der Waals surface area (Å²) in [5.74, 6) is 0.655. The standard InChI is InChI=1S/C14H9Cl2N3/c15-9-4-3-5-10(8-9)17-14-12-7-2-1-6-11(12)13(16)18-19-14/h1-8H,(H,17,19). The Morgan fingerprint density at radius 3 is 2.42 bits per heavy atom. The van der Waals surface area contributed by atoms with Gasteiger partial charge in [0.2, 0.25) is 0 Å². The second kappa shape index (κ2) is 5.03. The Balaban J connectivity index is 2.09. The average Bonchev–Trinajstić information content (AvgIpc) is 2.42. The highest BCUT2D eigenvalue weighted by molar-refractivity contribution is 6.34. The molecule has 0 aliphatic carbocycles. The number of hydrogen-bond donors (Lipinski definition) is 1. The van der Waals surface area contributed by atoms with Crippen LogP contribution in [0.15, 0.2) is 48.5 Å². The lowest BCUT2D eigenvalue weighted by molar-refractivity contribution is 1.05. The van der Waals surface area contributed by atoms with Gasteiger partial charge in [0.05, 0.1) is 0 Å². The van der Waals surface area contributed by atoms with E-state index < -0.39 is 0 Å². The molecule has 0 aliphatic heterocycles. The predicted molar refractivity (Wildman–Crippen MR) is 79.3 cm³/mol.